The van der Waals surface area contributed by atoms with Crippen LogP contribution in [-0.2, 0) is 0 Å². The van der Waals surface area contributed by atoms with Crippen molar-refractivity contribution in [3.8, 4) is 11.8 Å². The lowest BCUT2D eigenvalue weighted by atomic mass is 10.3. The maximum atomic E-state index is 8.44. The van der Waals surface area contributed by atoms with Gasteiger partial charge in [0.05, 0.1) is 12.6 Å². The van der Waals surface area contributed by atoms with Gasteiger partial charge in [-0.05, 0) is 12.8 Å². The molecule has 0 spiro atoms. The first-order chi connectivity index (χ1) is 4.33. The second kappa shape index (κ2) is 2.86. The molecule has 0 radical (unpaired) electrons. The molecule has 0 amide bonds. The van der Waals surface area contributed by atoms with Crippen LogP contribution in [0.15, 0.2) is 0 Å². The summed E-state index contributed by atoms with van der Waals surface area (Å²) in [5, 5.41) is 8.44. The molecule has 2 nitrogen and oxygen atoms in total. The van der Waals surface area contributed by atoms with Crippen LogP contribution in [0.25, 0.3) is 0 Å². The van der Waals surface area contributed by atoms with Crippen molar-refractivity contribution in [2.45, 2.75) is 18.9 Å². The second-order valence-electron chi connectivity index (χ2n) is 2.35. The van der Waals surface area contributed by atoms with E-state index in [0.717, 1.165) is 0 Å². The molecule has 1 rings (SSSR count). The van der Waals surface area contributed by atoms with Crippen LogP contribution in [0, 0.1) is 17.8 Å². The van der Waals surface area contributed by atoms with Crippen LogP contribution in [0.5, 0.6) is 0 Å². The Hall–Kier alpha value is -0.520. The monoisotopic (exact) mass is 125 g/mol. The highest BCUT2D eigenvalue weighted by Gasteiger charge is 2.17. The van der Waals surface area contributed by atoms with E-state index in [9.17, 15) is 0 Å². The van der Waals surface area contributed by atoms with Crippen molar-refractivity contribution >= 4 is 0 Å². The summed E-state index contributed by atoms with van der Waals surface area (Å²) >= 11 is 0. The van der Waals surface area contributed by atoms with E-state index in [4.69, 9.17) is 10.8 Å². The van der Waals surface area contributed by atoms with E-state index in [0.29, 0.717) is 5.92 Å². The van der Waals surface area contributed by atoms with Crippen LogP contribution in [0.3, 0.4) is 0 Å². The minimum Gasteiger partial charge on any atom is -0.394 e. The van der Waals surface area contributed by atoms with Crippen molar-refractivity contribution in [2.75, 3.05) is 6.61 Å². The van der Waals surface area contributed by atoms with Crippen molar-refractivity contribution in [1.29, 1.82) is 0 Å². The standard InChI is InChI=1S/C7H11NO/c8-7(5-9)4-3-6-1-2-6/h6-7,9H,1-2,5,8H2. The molecule has 1 unspecified atom stereocenters. The van der Waals surface area contributed by atoms with Crippen LogP contribution < -0.4 is 5.73 Å². The number of nitrogens with two attached hydrogens (primary N) is 1. The van der Waals surface area contributed by atoms with Gasteiger partial charge in [0.15, 0.2) is 0 Å². The molecule has 0 bridgehead atoms. The van der Waals surface area contributed by atoms with E-state index in [1.165, 1.54) is 12.8 Å². The molecule has 1 saturated carbocycles. The Kier molecular flexibility index (Phi) is 2.10. The lowest BCUT2D eigenvalue weighted by Gasteiger charge is -1.93. The third-order valence-corrected chi connectivity index (χ3v) is 1.25. The first-order valence-corrected chi connectivity index (χ1v) is 3.20. The summed E-state index contributed by atoms with van der Waals surface area (Å²) in [7, 11) is 0. The van der Waals surface area contributed by atoms with Crippen LogP contribution in [0.1, 0.15) is 12.8 Å². The van der Waals surface area contributed by atoms with E-state index in [1.54, 1.807) is 0 Å². The van der Waals surface area contributed by atoms with Gasteiger partial charge in [0.1, 0.15) is 0 Å². The van der Waals surface area contributed by atoms with E-state index in [-0.39, 0.29) is 12.6 Å². The van der Waals surface area contributed by atoms with Gasteiger partial charge in [0.2, 0.25) is 0 Å². The molecule has 0 aromatic carbocycles. The Morgan fingerprint density at radius 3 is 2.78 bits per heavy atom. The lowest BCUT2D eigenvalue weighted by Crippen LogP contribution is -2.21. The molecule has 1 atom stereocenters. The molecule has 0 heterocycles. The van der Waals surface area contributed by atoms with Gasteiger partial charge in [-0.3, -0.25) is 0 Å². The van der Waals surface area contributed by atoms with Crippen molar-refractivity contribution in [1.82, 2.24) is 0 Å². The fourth-order valence-electron chi connectivity index (χ4n) is 0.498. The van der Waals surface area contributed by atoms with Crippen molar-refractivity contribution in [2.24, 2.45) is 11.7 Å². The largest absolute Gasteiger partial charge is 0.394 e. The molecule has 1 fully saturated rings. The Balaban J connectivity index is 2.21. The average molecular weight is 125 g/mol. The summed E-state index contributed by atoms with van der Waals surface area (Å²) in [6.07, 6.45) is 2.43. The van der Waals surface area contributed by atoms with Gasteiger partial charge in [-0.1, -0.05) is 11.8 Å². The molecular weight excluding hydrogens is 114 g/mol. The summed E-state index contributed by atoms with van der Waals surface area (Å²) in [6.45, 7) is -0.0281. The number of hydrogen-bond acceptors (Lipinski definition) is 2. The Labute approximate surface area is 55.1 Å². The van der Waals surface area contributed by atoms with Gasteiger partial charge in [-0.25, -0.2) is 0 Å². The molecule has 0 aliphatic heterocycles. The third kappa shape index (κ3) is 2.50. The quantitative estimate of drug-likeness (QED) is 0.473. The van der Waals surface area contributed by atoms with E-state index in [1.807, 2.05) is 0 Å². The van der Waals surface area contributed by atoms with Gasteiger partial charge in [-0.2, -0.15) is 0 Å². The summed E-state index contributed by atoms with van der Waals surface area (Å²) in [5.41, 5.74) is 5.33. The zero-order chi connectivity index (χ0) is 6.69. The zero-order valence-corrected chi connectivity index (χ0v) is 5.30. The van der Waals surface area contributed by atoms with E-state index < -0.39 is 0 Å². The van der Waals surface area contributed by atoms with Gasteiger partial charge in [0, 0.05) is 5.92 Å². The highest BCUT2D eigenvalue weighted by atomic mass is 16.3. The molecule has 1 aliphatic carbocycles. The highest BCUT2D eigenvalue weighted by Crippen LogP contribution is 2.27. The number of rotatable bonds is 1. The fourth-order valence-corrected chi connectivity index (χ4v) is 0.498. The average Bonchev–Trinajstić information content (AvgIpc) is 2.65. The molecule has 1 aliphatic rings. The Morgan fingerprint density at radius 1 is 1.67 bits per heavy atom. The maximum Gasteiger partial charge on any atom is 0.0899 e. The fraction of sp³-hybridized carbons (Fsp3) is 0.714. The highest BCUT2D eigenvalue weighted by molar-refractivity contribution is 5.13. The van der Waals surface area contributed by atoms with Crippen LogP contribution in [0.2, 0.25) is 0 Å². The van der Waals surface area contributed by atoms with Crippen molar-refractivity contribution in [3.63, 3.8) is 0 Å². The number of aliphatic hydroxyl groups excluding tert-OH is 1. The maximum absolute atomic E-state index is 8.44. The number of aliphatic hydroxyl groups is 1. The van der Waals surface area contributed by atoms with Crippen LogP contribution in [-0.4, -0.2) is 17.8 Å². The minimum absolute atomic E-state index is 0.0281. The molecule has 50 valence electrons. The van der Waals surface area contributed by atoms with E-state index in [2.05, 4.69) is 11.8 Å². The predicted molar refractivity (Wildman–Crippen MR) is 35.6 cm³/mol. The normalized spacial score (nSPS) is 20.2. The third-order valence-electron chi connectivity index (χ3n) is 1.25. The molecule has 3 N–H and O–H groups in total. The minimum atomic E-state index is -0.328. The zero-order valence-electron chi connectivity index (χ0n) is 5.30. The lowest BCUT2D eigenvalue weighted by molar-refractivity contribution is 0.287. The Bertz CT molecular complexity index is 141. The molecule has 0 saturated heterocycles. The van der Waals surface area contributed by atoms with Gasteiger partial charge < -0.3 is 10.8 Å². The topological polar surface area (TPSA) is 46.2 Å². The van der Waals surface area contributed by atoms with Crippen molar-refractivity contribution in [3.05, 3.63) is 0 Å². The van der Waals surface area contributed by atoms with Crippen LogP contribution in [0.4, 0.5) is 0 Å². The second-order valence-corrected chi connectivity index (χ2v) is 2.35. The van der Waals surface area contributed by atoms with Crippen LogP contribution >= 0.6 is 0 Å². The summed E-state index contributed by atoms with van der Waals surface area (Å²) in [6, 6.07) is -0.328. The van der Waals surface area contributed by atoms with Gasteiger partial charge >= 0.3 is 0 Å². The first-order valence-electron chi connectivity index (χ1n) is 3.20. The molecule has 0 aromatic rings. The SMILES string of the molecule is NC(C#CC1CC1)CO. The number of hydrogen-bond donors (Lipinski definition) is 2. The Morgan fingerprint density at radius 2 is 2.33 bits per heavy atom. The van der Waals surface area contributed by atoms with E-state index >= 15 is 0 Å². The molecular formula is C7H11NO. The summed E-state index contributed by atoms with van der Waals surface area (Å²) in [4.78, 5) is 0. The summed E-state index contributed by atoms with van der Waals surface area (Å²) in [5.74, 6) is 6.33. The van der Waals surface area contributed by atoms with Gasteiger partial charge in [-0.15, -0.1) is 0 Å². The molecule has 9 heavy (non-hydrogen) atoms. The molecule has 0 aromatic heterocycles. The molecule has 2 heteroatoms. The smallest absolute Gasteiger partial charge is 0.0899 e. The van der Waals surface area contributed by atoms with Crippen molar-refractivity contribution < 1.29 is 5.11 Å². The summed E-state index contributed by atoms with van der Waals surface area (Å²) < 4.78 is 0. The first kappa shape index (κ1) is 6.60. The van der Waals surface area contributed by atoms with Gasteiger partial charge in [0.25, 0.3) is 0 Å². The predicted octanol–water partition coefficient (Wildman–Crippen LogP) is -0.281.